The number of alkyl halides is 3. The first-order valence-electron chi connectivity index (χ1n) is 7.95. The molecule has 1 unspecified atom stereocenters. The van der Waals surface area contributed by atoms with Gasteiger partial charge >= 0.3 is 6.18 Å². The molecule has 6 heteroatoms. The molecule has 0 aromatic carbocycles. The molecule has 1 aliphatic heterocycles. The number of nitrogens with one attached hydrogen (secondary N) is 1. The number of halogens is 3. The van der Waals surface area contributed by atoms with E-state index in [0.717, 1.165) is 39.0 Å². The molecule has 3 nitrogen and oxygen atoms in total. The van der Waals surface area contributed by atoms with E-state index in [1.54, 1.807) is 0 Å². The molecule has 0 aromatic heterocycles. The third-order valence-electron chi connectivity index (χ3n) is 4.97. The van der Waals surface area contributed by atoms with Crippen molar-refractivity contribution < 1.29 is 23.0 Å². The molecule has 0 bridgehead atoms. The zero-order valence-corrected chi connectivity index (χ0v) is 12.4. The zero-order valence-electron chi connectivity index (χ0n) is 12.4. The van der Waals surface area contributed by atoms with Crippen LogP contribution in [0.1, 0.15) is 44.9 Å². The Balaban J connectivity index is 1.64. The van der Waals surface area contributed by atoms with Gasteiger partial charge < -0.3 is 15.2 Å². The highest BCUT2D eigenvalue weighted by Gasteiger charge is 2.62. The van der Waals surface area contributed by atoms with Crippen molar-refractivity contribution in [2.75, 3.05) is 26.4 Å². The van der Waals surface area contributed by atoms with Gasteiger partial charge in [-0.25, -0.2) is 0 Å². The molecule has 2 fully saturated rings. The highest BCUT2D eigenvalue weighted by molar-refractivity contribution is 4.99. The Hall–Kier alpha value is -0.330. The van der Waals surface area contributed by atoms with Gasteiger partial charge in [-0.1, -0.05) is 0 Å². The van der Waals surface area contributed by atoms with Gasteiger partial charge in [-0.15, -0.1) is 0 Å². The lowest BCUT2D eigenvalue weighted by molar-refractivity contribution is -0.189. The minimum Gasteiger partial charge on any atom is -0.395 e. The molecular formula is C15H26F3NO2. The molecule has 2 rings (SSSR count). The average Bonchev–Trinajstić information content (AvgIpc) is 3.24. The summed E-state index contributed by atoms with van der Waals surface area (Å²) in [7, 11) is 0. The fourth-order valence-corrected chi connectivity index (χ4v) is 3.06. The second-order valence-electron chi connectivity index (χ2n) is 6.49. The molecule has 2 aliphatic rings. The number of aliphatic hydroxyl groups is 1. The summed E-state index contributed by atoms with van der Waals surface area (Å²) in [5.41, 5.74) is -1.46. The van der Waals surface area contributed by atoms with Crippen LogP contribution in [-0.4, -0.2) is 43.7 Å². The van der Waals surface area contributed by atoms with Crippen LogP contribution in [0.4, 0.5) is 13.2 Å². The lowest BCUT2D eigenvalue weighted by Crippen LogP contribution is -2.36. The molecule has 124 valence electrons. The van der Waals surface area contributed by atoms with Crippen molar-refractivity contribution >= 4 is 0 Å². The highest BCUT2D eigenvalue weighted by atomic mass is 19.4. The summed E-state index contributed by atoms with van der Waals surface area (Å²) in [4.78, 5) is 0. The minimum atomic E-state index is -4.09. The van der Waals surface area contributed by atoms with E-state index in [0.29, 0.717) is 12.3 Å². The third kappa shape index (κ3) is 4.83. The number of aliphatic hydroxyl groups excluding tert-OH is 1. The van der Waals surface area contributed by atoms with E-state index >= 15 is 0 Å². The van der Waals surface area contributed by atoms with Crippen molar-refractivity contribution in [3.63, 3.8) is 0 Å². The van der Waals surface area contributed by atoms with Crippen LogP contribution in [-0.2, 0) is 4.74 Å². The van der Waals surface area contributed by atoms with Crippen LogP contribution in [0, 0.1) is 11.3 Å². The quantitative estimate of drug-likeness (QED) is 0.724. The van der Waals surface area contributed by atoms with E-state index in [2.05, 4.69) is 5.32 Å². The van der Waals surface area contributed by atoms with Gasteiger partial charge in [-0.05, 0) is 57.4 Å². The summed E-state index contributed by atoms with van der Waals surface area (Å²) in [6.07, 6.45) is 0.0495. The van der Waals surface area contributed by atoms with Gasteiger partial charge in [0.2, 0.25) is 0 Å². The smallest absolute Gasteiger partial charge is 0.394 e. The first-order valence-corrected chi connectivity index (χ1v) is 7.95. The molecule has 0 spiro atoms. The maximum Gasteiger partial charge on any atom is 0.394 e. The molecule has 0 aromatic rings. The maximum atomic E-state index is 12.9. The Morgan fingerprint density at radius 3 is 2.43 bits per heavy atom. The predicted molar refractivity (Wildman–Crippen MR) is 74.0 cm³/mol. The summed E-state index contributed by atoms with van der Waals surface area (Å²) in [5.74, 6) is 0.635. The normalized spacial score (nSPS) is 24.0. The van der Waals surface area contributed by atoms with Crippen LogP contribution in [0.25, 0.3) is 0 Å². The molecule has 1 atom stereocenters. The lowest BCUT2D eigenvalue weighted by atomic mass is 9.95. The molecule has 2 N–H and O–H groups in total. The van der Waals surface area contributed by atoms with E-state index in [1.165, 1.54) is 0 Å². The Bertz CT molecular complexity index is 313. The van der Waals surface area contributed by atoms with Crippen LogP contribution in [0.3, 0.4) is 0 Å². The summed E-state index contributed by atoms with van der Waals surface area (Å²) in [6.45, 7) is 2.28. The molecule has 1 heterocycles. The Labute approximate surface area is 124 Å². The van der Waals surface area contributed by atoms with E-state index in [9.17, 15) is 18.3 Å². The monoisotopic (exact) mass is 309 g/mol. The Kier molecular flexibility index (Phi) is 5.91. The van der Waals surface area contributed by atoms with Crippen molar-refractivity contribution in [2.45, 2.75) is 57.2 Å². The highest BCUT2D eigenvalue weighted by Crippen LogP contribution is 2.60. The van der Waals surface area contributed by atoms with Crippen LogP contribution >= 0.6 is 0 Å². The second kappa shape index (κ2) is 7.29. The van der Waals surface area contributed by atoms with Gasteiger partial charge in [0.1, 0.15) is 0 Å². The lowest BCUT2D eigenvalue weighted by Gasteiger charge is -2.25. The number of hydrogen-bond acceptors (Lipinski definition) is 3. The molecular weight excluding hydrogens is 283 g/mol. The fraction of sp³-hybridized carbons (Fsp3) is 1.00. The third-order valence-corrected chi connectivity index (χ3v) is 4.97. The van der Waals surface area contributed by atoms with Gasteiger partial charge in [-0.2, -0.15) is 13.2 Å². The van der Waals surface area contributed by atoms with Crippen LogP contribution in [0.5, 0.6) is 0 Å². The van der Waals surface area contributed by atoms with E-state index in [-0.39, 0.29) is 31.9 Å². The number of hydrogen-bond donors (Lipinski definition) is 2. The van der Waals surface area contributed by atoms with Crippen LogP contribution in [0.15, 0.2) is 0 Å². The maximum absolute atomic E-state index is 12.9. The molecule has 1 saturated heterocycles. The molecule has 1 aliphatic carbocycles. The predicted octanol–water partition coefficient (Wildman–Crippen LogP) is 2.88. The zero-order chi connectivity index (χ0) is 15.3. The van der Waals surface area contributed by atoms with Gasteiger partial charge in [-0.3, -0.25) is 0 Å². The molecule has 21 heavy (non-hydrogen) atoms. The van der Waals surface area contributed by atoms with Crippen molar-refractivity contribution in [1.29, 1.82) is 0 Å². The van der Waals surface area contributed by atoms with Crippen molar-refractivity contribution in [3.05, 3.63) is 0 Å². The van der Waals surface area contributed by atoms with Crippen LogP contribution < -0.4 is 5.32 Å². The Morgan fingerprint density at radius 2 is 1.90 bits per heavy atom. The molecule has 1 saturated carbocycles. The van der Waals surface area contributed by atoms with Crippen molar-refractivity contribution in [3.8, 4) is 0 Å². The Morgan fingerprint density at radius 1 is 1.24 bits per heavy atom. The molecule has 0 radical (unpaired) electrons. The van der Waals surface area contributed by atoms with Crippen molar-refractivity contribution in [1.82, 2.24) is 5.32 Å². The topological polar surface area (TPSA) is 41.5 Å². The summed E-state index contributed by atoms with van der Waals surface area (Å²) >= 11 is 0. The fourth-order valence-electron chi connectivity index (χ4n) is 3.06. The first-order chi connectivity index (χ1) is 9.97. The van der Waals surface area contributed by atoms with E-state index < -0.39 is 11.6 Å². The first kappa shape index (κ1) is 17.0. The summed E-state index contributed by atoms with van der Waals surface area (Å²) in [6, 6.07) is -0.218. The van der Waals surface area contributed by atoms with Crippen LogP contribution in [0.2, 0.25) is 0 Å². The second-order valence-corrected chi connectivity index (χ2v) is 6.49. The minimum absolute atomic E-state index is 0.0955. The average molecular weight is 309 g/mol. The van der Waals surface area contributed by atoms with Gasteiger partial charge in [0.15, 0.2) is 0 Å². The van der Waals surface area contributed by atoms with E-state index in [1.807, 2.05) is 0 Å². The SMILES string of the molecule is OCC(CCC1(C(F)(F)F)CC1)NCCC1CCOCC1. The van der Waals surface area contributed by atoms with E-state index in [4.69, 9.17) is 4.74 Å². The summed E-state index contributed by atoms with van der Waals surface area (Å²) < 4.78 is 43.8. The molecule has 0 amide bonds. The van der Waals surface area contributed by atoms with Gasteiger partial charge in [0, 0.05) is 19.3 Å². The van der Waals surface area contributed by atoms with Gasteiger partial charge in [0.25, 0.3) is 0 Å². The number of rotatable bonds is 8. The largest absolute Gasteiger partial charge is 0.395 e. The van der Waals surface area contributed by atoms with Crippen molar-refractivity contribution in [2.24, 2.45) is 11.3 Å². The van der Waals surface area contributed by atoms with Gasteiger partial charge in [0.05, 0.1) is 12.0 Å². The summed E-state index contributed by atoms with van der Waals surface area (Å²) in [5, 5.41) is 12.5. The standard InChI is InChI=1S/C15H26F3NO2/c16-15(17,18)14(6-7-14)5-1-13(11-20)19-8-2-12-3-9-21-10-4-12/h12-13,19-20H,1-11H2. The number of ether oxygens (including phenoxy) is 1.